The zero-order valence-electron chi connectivity index (χ0n) is 9.01. The van der Waals surface area contributed by atoms with Crippen LogP contribution in [0.25, 0.3) is 0 Å². The average molecular weight is 228 g/mol. The number of nitrogens with one attached hydrogen (secondary N) is 1. The summed E-state index contributed by atoms with van der Waals surface area (Å²) in [6.07, 6.45) is 0.926. The SMILES string of the molecule is O=C1OC(Cc2ccccc2)N/C1=C/O.[Na+]. The molecule has 1 unspecified atom stereocenters. The molecule has 1 saturated heterocycles. The number of benzene rings is 1. The van der Waals surface area contributed by atoms with Gasteiger partial charge in [0.05, 0.1) is 0 Å². The largest absolute Gasteiger partial charge is 1.00 e. The summed E-state index contributed by atoms with van der Waals surface area (Å²) in [6, 6.07) is 9.69. The Morgan fingerprint density at radius 2 is 2.06 bits per heavy atom. The van der Waals surface area contributed by atoms with E-state index in [2.05, 4.69) is 5.32 Å². The van der Waals surface area contributed by atoms with Crippen molar-refractivity contribution in [3.63, 3.8) is 0 Å². The van der Waals surface area contributed by atoms with Crippen LogP contribution in [0.5, 0.6) is 0 Å². The first kappa shape index (κ1) is 13.1. The van der Waals surface area contributed by atoms with Gasteiger partial charge in [-0.15, -0.1) is 0 Å². The minimum atomic E-state index is -0.515. The van der Waals surface area contributed by atoms with Gasteiger partial charge < -0.3 is 15.2 Å². The Morgan fingerprint density at radius 1 is 1.38 bits per heavy atom. The van der Waals surface area contributed by atoms with Gasteiger partial charge in [-0.3, -0.25) is 0 Å². The fraction of sp³-hybridized carbons (Fsp3) is 0.182. The van der Waals surface area contributed by atoms with E-state index in [1.165, 1.54) is 0 Å². The molecule has 4 nitrogen and oxygen atoms in total. The van der Waals surface area contributed by atoms with Crippen LogP contribution in [0.15, 0.2) is 42.3 Å². The first-order valence-electron chi connectivity index (χ1n) is 4.65. The van der Waals surface area contributed by atoms with E-state index >= 15 is 0 Å². The quantitative estimate of drug-likeness (QED) is 0.269. The summed E-state index contributed by atoms with van der Waals surface area (Å²) < 4.78 is 4.99. The maximum atomic E-state index is 11.1. The van der Waals surface area contributed by atoms with E-state index in [1.807, 2.05) is 30.3 Å². The number of carbonyl (C=O) groups is 1. The maximum absolute atomic E-state index is 11.1. The van der Waals surface area contributed by atoms with Gasteiger partial charge in [0.2, 0.25) is 0 Å². The number of rotatable bonds is 2. The standard InChI is InChI=1S/C11H11NO3.Na/c13-7-9-11(14)15-10(12-9)6-8-4-2-1-3-5-8;/h1-5,7,10,12-13H,6H2;/q;+1/b9-7+;. The number of hydrogen-bond donors (Lipinski definition) is 2. The second-order valence-corrected chi connectivity index (χ2v) is 3.27. The number of aliphatic hydroxyl groups excluding tert-OH is 1. The minimum Gasteiger partial charge on any atom is -0.513 e. The molecule has 0 amide bonds. The van der Waals surface area contributed by atoms with Gasteiger partial charge in [-0.25, -0.2) is 4.79 Å². The molecule has 1 fully saturated rings. The molecule has 78 valence electrons. The molecule has 0 radical (unpaired) electrons. The molecule has 1 aromatic carbocycles. The third kappa shape index (κ3) is 3.01. The molecule has 0 aromatic heterocycles. The molecule has 1 aromatic rings. The van der Waals surface area contributed by atoms with E-state index in [1.54, 1.807) is 0 Å². The molecule has 2 N–H and O–H groups in total. The van der Waals surface area contributed by atoms with E-state index < -0.39 is 12.2 Å². The van der Waals surface area contributed by atoms with Gasteiger partial charge >= 0.3 is 35.5 Å². The topological polar surface area (TPSA) is 58.6 Å². The van der Waals surface area contributed by atoms with Gasteiger partial charge in [-0.05, 0) is 5.56 Å². The maximum Gasteiger partial charge on any atom is 1.00 e. The molecule has 5 heteroatoms. The predicted octanol–water partition coefficient (Wildman–Crippen LogP) is -1.89. The Hall–Kier alpha value is -0.970. The molecule has 1 heterocycles. The predicted molar refractivity (Wildman–Crippen MR) is 53.9 cm³/mol. The van der Waals surface area contributed by atoms with Crippen molar-refractivity contribution in [1.29, 1.82) is 0 Å². The Kier molecular flexibility index (Phi) is 4.86. The van der Waals surface area contributed by atoms with Gasteiger partial charge in [0.1, 0.15) is 6.26 Å². The summed E-state index contributed by atoms with van der Waals surface area (Å²) >= 11 is 0. The second kappa shape index (κ2) is 5.94. The van der Waals surface area contributed by atoms with Crippen molar-refractivity contribution in [2.75, 3.05) is 0 Å². The van der Waals surface area contributed by atoms with Crippen LogP contribution in [-0.4, -0.2) is 17.3 Å². The van der Waals surface area contributed by atoms with Crippen molar-refractivity contribution in [3.8, 4) is 0 Å². The van der Waals surface area contributed by atoms with Gasteiger partial charge in [0.15, 0.2) is 11.9 Å². The van der Waals surface area contributed by atoms with Crippen molar-refractivity contribution in [2.45, 2.75) is 12.6 Å². The van der Waals surface area contributed by atoms with Gasteiger partial charge in [0.25, 0.3) is 0 Å². The smallest absolute Gasteiger partial charge is 0.513 e. The van der Waals surface area contributed by atoms with Crippen LogP contribution in [0, 0.1) is 0 Å². The molecule has 1 atom stereocenters. The summed E-state index contributed by atoms with van der Waals surface area (Å²) in [7, 11) is 0. The summed E-state index contributed by atoms with van der Waals surface area (Å²) in [5.41, 5.74) is 1.18. The minimum absolute atomic E-state index is 0. The van der Waals surface area contributed by atoms with Crippen molar-refractivity contribution in [2.24, 2.45) is 0 Å². The number of aliphatic hydroxyl groups is 1. The van der Waals surface area contributed by atoms with E-state index in [0.29, 0.717) is 6.42 Å². The van der Waals surface area contributed by atoms with Crippen LogP contribution < -0.4 is 34.9 Å². The number of hydrogen-bond acceptors (Lipinski definition) is 4. The zero-order valence-corrected chi connectivity index (χ0v) is 11.0. The van der Waals surface area contributed by atoms with Crippen molar-refractivity contribution >= 4 is 5.97 Å². The van der Waals surface area contributed by atoms with Crippen LogP contribution in [-0.2, 0) is 16.0 Å². The number of ether oxygens (including phenoxy) is 1. The third-order valence-corrected chi connectivity index (χ3v) is 2.18. The fourth-order valence-corrected chi connectivity index (χ4v) is 1.47. The molecule has 0 spiro atoms. The van der Waals surface area contributed by atoms with Crippen molar-refractivity contribution < 1.29 is 44.2 Å². The summed E-state index contributed by atoms with van der Waals surface area (Å²) in [6.45, 7) is 0. The van der Waals surface area contributed by atoms with Crippen molar-refractivity contribution in [1.82, 2.24) is 5.32 Å². The van der Waals surface area contributed by atoms with E-state index in [0.717, 1.165) is 11.8 Å². The molecule has 16 heavy (non-hydrogen) atoms. The molecular weight excluding hydrogens is 217 g/mol. The molecular formula is C11H11NNaO3+. The van der Waals surface area contributed by atoms with E-state index in [4.69, 9.17) is 9.84 Å². The molecule has 1 aliphatic rings. The zero-order chi connectivity index (χ0) is 10.7. The van der Waals surface area contributed by atoms with E-state index in [9.17, 15) is 4.79 Å². The first-order valence-corrected chi connectivity index (χ1v) is 4.65. The molecule has 1 aliphatic heterocycles. The third-order valence-electron chi connectivity index (χ3n) is 2.18. The van der Waals surface area contributed by atoms with Gasteiger partial charge in [-0.2, -0.15) is 0 Å². The number of cyclic esters (lactones) is 1. The number of esters is 1. The van der Waals surface area contributed by atoms with Gasteiger partial charge in [-0.1, -0.05) is 30.3 Å². The van der Waals surface area contributed by atoms with Crippen LogP contribution in [0.2, 0.25) is 0 Å². The Labute approximate surface area is 116 Å². The molecule has 2 rings (SSSR count). The van der Waals surface area contributed by atoms with Crippen LogP contribution >= 0.6 is 0 Å². The summed E-state index contributed by atoms with van der Waals surface area (Å²) in [4.78, 5) is 11.1. The fourth-order valence-electron chi connectivity index (χ4n) is 1.47. The van der Waals surface area contributed by atoms with Crippen LogP contribution in [0.4, 0.5) is 0 Å². The van der Waals surface area contributed by atoms with E-state index in [-0.39, 0.29) is 35.3 Å². The second-order valence-electron chi connectivity index (χ2n) is 3.27. The molecule has 0 saturated carbocycles. The van der Waals surface area contributed by atoms with Gasteiger partial charge in [0, 0.05) is 6.42 Å². The molecule has 0 bridgehead atoms. The van der Waals surface area contributed by atoms with Crippen LogP contribution in [0.3, 0.4) is 0 Å². The molecule has 0 aliphatic carbocycles. The normalized spacial score (nSPS) is 21.1. The summed E-state index contributed by atoms with van der Waals surface area (Å²) in [5, 5.41) is 11.5. The first-order chi connectivity index (χ1) is 7.29. The average Bonchev–Trinajstić information content (AvgIpc) is 2.60. The van der Waals surface area contributed by atoms with Crippen molar-refractivity contribution in [3.05, 3.63) is 47.9 Å². The Morgan fingerprint density at radius 3 is 2.62 bits per heavy atom. The number of carbonyl (C=O) groups excluding carboxylic acids is 1. The van der Waals surface area contributed by atoms with Crippen LogP contribution in [0.1, 0.15) is 5.56 Å². The monoisotopic (exact) mass is 228 g/mol. The summed E-state index contributed by atoms with van der Waals surface area (Å²) in [5.74, 6) is -0.515. The Balaban J connectivity index is 0.00000128. The Bertz CT molecular complexity index is 391.